The lowest BCUT2D eigenvalue weighted by Gasteiger charge is -2.08. The molecule has 108 valence electrons. The van der Waals surface area contributed by atoms with Crippen LogP contribution in [0.4, 0.5) is 0 Å². The lowest BCUT2D eigenvalue weighted by Crippen LogP contribution is -2.28. The van der Waals surface area contributed by atoms with Crippen LogP contribution in [0.3, 0.4) is 0 Å². The van der Waals surface area contributed by atoms with Crippen molar-refractivity contribution in [2.45, 2.75) is 33.7 Å². The molecular weight excluding hydrogens is 270 g/mol. The van der Waals surface area contributed by atoms with E-state index < -0.39 is 0 Å². The Hall–Kier alpha value is -1.62. The third kappa shape index (κ3) is 3.48. The Kier molecular flexibility index (Phi) is 4.60. The first-order valence-electron chi connectivity index (χ1n) is 6.93. The van der Waals surface area contributed by atoms with Crippen LogP contribution in [0.1, 0.15) is 25.8 Å². The second kappa shape index (κ2) is 6.22. The summed E-state index contributed by atoms with van der Waals surface area (Å²) in [5, 5.41) is 2.93. The summed E-state index contributed by atoms with van der Waals surface area (Å²) >= 11 is 5.33. The van der Waals surface area contributed by atoms with Gasteiger partial charge in [-0.3, -0.25) is 4.79 Å². The zero-order valence-electron chi connectivity index (χ0n) is 12.2. The van der Waals surface area contributed by atoms with Gasteiger partial charge in [-0.25, -0.2) is 0 Å². The molecule has 2 rings (SSSR count). The maximum Gasteiger partial charge on any atom is 0.221 e. The zero-order valence-corrected chi connectivity index (χ0v) is 13.0. The normalized spacial score (nSPS) is 11.2. The summed E-state index contributed by atoms with van der Waals surface area (Å²) < 4.78 is 2.66. The van der Waals surface area contributed by atoms with E-state index in [4.69, 9.17) is 12.2 Å². The fourth-order valence-corrected chi connectivity index (χ4v) is 2.40. The molecule has 0 bridgehead atoms. The highest BCUT2D eigenvalue weighted by molar-refractivity contribution is 7.71. The summed E-state index contributed by atoms with van der Waals surface area (Å²) in [4.78, 5) is 15.0. The van der Waals surface area contributed by atoms with Crippen LogP contribution >= 0.6 is 12.2 Å². The molecule has 5 heteroatoms. The number of benzene rings is 1. The van der Waals surface area contributed by atoms with E-state index in [2.05, 4.69) is 37.1 Å². The Morgan fingerprint density at radius 3 is 2.90 bits per heavy atom. The van der Waals surface area contributed by atoms with Crippen molar-refractivity contribution < 1.29 is 4.79 Å². The van der Waals surface area contributed by atoms with Crippen LogP contribution in [0.15, 0.2) is 18.2 Å². The quantitative estimate of drug-likeness (QED) is 0.831. The molecule has 4 nitrogen and oxygen atoms in total. The maximum atomic E-state index is 11.8. The first-order chi connectivity index (χ1) is 9.47. The summed E-state index contributed by atoms with van der Waals surface area (Å²) in [6, 6.07) is 6.16. The molecule has 0 aliphatic rings. The third-order valence-corrected chi connectivity index (χ3v) is 3.52. The van der Waals surface area contributed by atoms with Crippen LogP contribution in [-0.4, -0.2) is 22.0 Å². The Bertz CT molecular complexity index is 669. The highest BCUT2D eigenvalue weighted by Gasteiger charge is 2.07. The molecule has 2 N–H and O–H groups in total. The van der Waals surface area contributed by atoms with E-state index in [1.54, 1.807) is 0 Å². The van der Waals surface area contributed by atoms with E-state index in [1.165, 1.54) is 5.56 Å². The minimum Gasteiger partial charge on any atom is -0.356 e. The van der Waals surface area contributed by atoms with Crippen LogP contribution in [0.25, 0.3) is 11.0 Å². The molecule has 0 saturated heterocycles. The number of rotatable bonds is 5. The van der Waals surface area contributed by atoms with E-state index in [0.717, 1.165) is 17.6 Å². The predicted molar refractivity (Wildman–Crippen MR) is 84.3 cm³/mol. The van der Waals surface area contributed by atoms with Crippen LogP contribution in [-0.2, 0) is 11.3 Å². The van der Waals surface area contributed by atoms with E-state index in [-0.39, 0.29) is 5.91 Å². The summed E-state index contributed by atoms with van der Waals surface area (Å²) in [5.41, 5.74) is 3.26. The highest BCUT2D eigenvalue weighted by atomic mass is 32.1. The van der Waals surface area contributed by atoms with E-state index >= 15 is 0 Å². The topological polar surface area (TPSA) is 49.8 Å². The molecule has 0 saturated carbocycles. The van der Waals surface area contributed by atoms with Gasteiger partial charge < -0.3 is 14.9 Å². The van der Waals surface area contributed by atoms with Crippen LogP contribution in [0, 0.1) is 17.6 Å². The van der Waals surface area contributed by atoms with Gasteiger partial charge in [0.2, 0.25) is 5.91 Å². The summed E-state index contributed by atoms with van der Waals surface area (Å²) in [7, 11) is 0. The lowest BCUT2D eigenvalue weighted by molar-refractivity contribution is -0.121. The Balaban J connectivity index is 2.10. The van der Waals surface area contributed by atoms with Gasteiger partial charge in [-0.1, -0.05) is 19.9 Å². The molecular formula is C15H21N3OS. The minimum atomic E-state index is 0.0719. The first kappa shape index (κ1) is 14.8. The largest absolute Gasteiger partial charge is 0.356 e. The minimum absolute atomic E-state index is 0.0719. The summed E-state index contributed by atoms with van der Waals surface area (Å²) in [5.74, 6) is 0.541. The summed E-state index contributed by atoms with van der Waals surface area (Å²) in [6.45, 7) is 7.54. The van der Waals surface area contributed by atoms with Crippen molar-refractivity contribution in [2.24, 2.45) is 5.92 Å². The van der Waals surface area contributed by atoms with Crippen molar-refractivity contribution >= 4 is 29.2 Å². The molecule has 1 aromatic carbocycles. The fourth-order valence-electron chi connectivity index (χ4n) is 2.10. The van der Waals surface area contributed by atoms with Gasteiger partial charge in [0.15, 0.2) is 4.77 Å². The number of hydrogen-bond donors (Lipinski definition) is 2. The molecule has 1 aromatic heterocycles. The number of amides is 1. The highest BCUT2D eigenvalue weighted by Crippen LogP contribution is 2.16. The molecule has 1 amide bonds. The van der Waals surface area contributed by atoms with Crippen molar-refractivity contribution in [3.63, 3.8) is 0 Å². The van der Waals surface area contributed by atoms with Gasteiger partial charge in [0.1, 0.15) is 0 Å². The number of nitrogens with zero attached hydrogens (tertiary/aromatic N) is 1. The number of carbonyl (C=O) groups is 1. The molecule has 0 fully saturated rings. The Morgan fingerprint density at radius 2 is 2.20 bits per heavy atom. The monoisotopic (exact) mass is 291 g/mol. The lowest BCUT2D eigenvalue weighted by atomic mass is 10.2. The number of aromatic nitrogens is 2. The molecule has 0 radical (unpaired) electrons. The number of nitrogens with one attached hydrogen (secondary N) is 2. The van der Waals surface area contributed by atoms with Gasteiger partial charge in [-0.2, -0.15) is 0 Å². The predicted octanol–water partition coefficient (Wildman–Crippen LogP) is 3.17. The maximum absolute atomic E-state index is 11.8. The fraction of sp³-hybridized carbons (Fsp3) is 0.467. The number of hydrogen-bond acceptors (Lipinski definition) is 2. The van der Waals surface area contributed by atoms with Crippen molar-refractivity contribution in [3.05, 3.63) is 28.5 Å². The molecule has 0 spiro atoms. The zero-order chi connectivity index (χ0) is 14.7. The van der Waals surface area contributed by atoms with Crippen molar-refractivity contribution in [3.8, 4) is 0 Å². The van der Waals surface area contributed by atoms with E-state index in [0.29, 0.717) is 23.7 Å². The van der Waals surface area contributed by atoms with E-state index in [1.807, 2.05) is 16.7 Å². The molecule has 0 unspecified atom stereocenters. The Morgan fingerprint density at radius 1 is 1.45 bits per heavy atom. The average Bonchev–Trinajstić information content (AvgIpc) is 2.69. The van der Waals surface area contributed by atoms with Crippen LogP contribution in [0.2, 0.25) is 0 Å². The van der Waals surface area contributed by atoms with Gasteiger partial charge in [0, 0.05) is 19.5 Å². The molecule has 0 aliphatic carbocycles. The van der Waals surface area contributed by atoms with E-state index in [9.17, 15) is 4.79 Å². The third-order valence-electron chi connectivity index (χ3n) is 3.20. The number of aryl methyl sites for hydroxylation is 2. The smallest absolute Gasteiger partial charge is 0.221 e. The molecule has 0 aliphatic heterocycles. The molecule has 0 atom stereocenters. The number of fused-ring (bicyclic) bond motifs is 1. The average molecular weight is 291 g/mol. The SMILES string of the molecule is Cc1ccc2[nH]c(=S)n(CCC(=O)NCC(C)C)c2c1. The summed E-state index contributed by atoms with van der Waals surface area (Å²) in [6.07, 6.45) is 0.446. The van der Waals surface area contributed by atoms with Gasteiger partial charge >= 0.3 is 0 Å². The van der Waals surface area contributed by atoms with Gasteiger partial charge in [-0.05, 0) is 42.8 Å². The van der Waals surface area contributed by atoms with Crippen LogP contribution < -0.4 is 5.32 Å². The standard InChI is InChI=1S/C15H21N3OS/c1-10(2)9-16-14(19)6-7-18-13-8-11(3)4-5-12(13)17-15(18)20/h4-5,8,10H,6-7,9H2,1-3H3,(H,16,19)(H,17,20). The first-order valence-corrected chi connectivity index (χ1v) is 7.34. The Labute approximate surface area is 124 Å². The number of H-pyrrole nitrogens is 1. The molecule has 20 heavy (non-hydrogen) atoms. The number of aromatic amines is 1. The van der Waals surface area contributed by atoms with Gasteiger partial charge in [0.05, 0.1) is 11.0 Å². The van der Waals surface area contributed by atoms with Crippen molar-refractivity contribution in [1.29, 1.82) is 0 Å². The van der Waals surface area contributed by atoms with Crippen molar-refractivity contribution in [2.75, 3.05) is 6.54 Å². The van der Waals surface area contributed by atoms with Crippen LogP contribution in [0.5, 0.6) is 0 Å². The molecule has 1 heterocycles. The van der Waals surface area contributed by atoms with Gasteiger partial charge in [-0.15, -0.1) is 0 Å². The van der Waals surface area contributed by atoms with Crippen molar-refractivity contribution in [1.82, 2.24) is 14.9 Å². The number of carbonyl (C=O) groups excluding carboxylic acids is 1. The number of imidazole rings is 1. The second-order valence-corrected chi connectivity index (χ2v) is 5.94. The molecule has 2 aromatic rings. The van der Waals surface area contributed by atoms with Gasteiger partial charge in [0.25, 0.3) is 0 Å². The second-order valence-electron chi connectivity index (χ2n) is 5.55.